The van der Waals surface area contributed by atoms with Gasteiger partial charge in [0.15, 0.2) is 5.78 Å². The number of ether oxygens (including phenoxy) is 1. The van der Waals surface area contributed by atoms with Crippen molar-refractivity contribution in [3.63, 3.8) is 0 Å². The Hall–Kier alpha value is -1.55. The van der Waals surface area contributed by atoms with Crippen LogP contribution in [0.1, 0.15) is 31.2 Å². The smallest absolute Gasteiger partial charge is 0.408 e. The molecule has 1 aromatic rings. The number of ketones is 1. The molecule has 1 saturated carbocycles. The number of hydrogen-bond donors (Lipinski definition) is 1. The van der Waals surface area contributed by atoms with Gasteiger partial charge in [-0.15, -0.1) is 11.6 Å². The molecule has 0 aliphatic heterocycles. The van der Waals surface area contributed by atoms with E-state index >= 15 is 0 Å². The van der Waals surface area contributed by atoms with Gasteiger partial charge in [0.25, 0.3) is 0 Å². The lowest BCUT2D eigenvalue weighted by molar-refractivity contribution is -0.122. The number of benzene rings is 1. The number of carbonyl (C=O) groups is 2. The van der Waals surface area contributed by atoms with Crippen molar-refractivity contribution in [1.82, 2.24) is 5.32 Å². The minimum atomic E-state index is -0.824. The highest BCUT2D eigenvalue weighted by atomic mass is 35.5. The van der Waals surface area contributed by atoms with E-state index in [1.165, 1.54) is 0 Å². The monoisotopic (exact) mass is 295 g/mol. The van der Waals surface area contributed by atoms with E-state index < -0.39 is 11.6 Å². The summed E-state index contributed by atoms with van der Waals surface area (Å²) in [4.78, 5) is 23.8. The molecule has 0 spiro atoms. The third-order valence-corrected chi connectivity index (χ3v) is 3.91. The van der Waals surface area contributed by atoms with Crippen LogP contribution in [0, 0.1) is 0 Å². The van der Waals surface area contributed by atoms with Crippen molar-refractivity contribution in [3.05, 3.63) is 35.9 Å². The van der Waals surface area contributed by atoms with Crippen molar-refractivity contribution >= 4 is 23.5 Å². The van der Waals surface area contributed by atoms with E-state index in [1.807, 2.05) is 30.3 Å². The highest BCUT2D eigenvalue weighted by Gasteiger charge is 2.41. The van der Waals surface area contributed by atoms with Gasteiger partial charge < -0.3 is 10.1 Å². The van der Waals surface area contributed by atoms with Crippen LogP contribution >= 0.6 is 11.6 Å². The predicted octanol–water partition coefficient (Wildman–Crippen LogP) is 3.03. The molecule has 1 N–H and O–H groups in total. The van der Waals surface area contributed by atoms with E-state index in [0.29, 0.717) is 12.8 Å². The number of hydrogen-bond acceptors (Lipinski definition) is 3. The Morgan fingerprint density at radius 3 is 2.45 bits per heavy atom. The highest BCUT2D eigenvalue weighted by molar-refractivity contribution is 6.29. The van der Waals surface area contributed by atoms with Crippen LogP contribution in [0.4, 0.5) is 4.79 Å². The van der Waals surface area contributed by atoms with Crippen LogP contribution in [0.25, 0.3) is 0 Å². The standard InChI is InChI=1S/C15H18ClNO3/c16-10-13(18)15(8-4-5-9-15)17-14(19)20-11-12-6-2-1-3-7-12/h1-3,6-7H,4-5,8-11H2,(H,17,19). The van der Waals surface area contributed by atoms with Crippen LogP contribution < -0.4 is 5.32 Å². The van der Waals surface area contributed by atoms with E-state index in [9.17, 15) is 9.59 Å². The first kappa shape index (κ1) is 14.9. The number of amides is 1. The lowest BCUT2D eigenvalue weighted by Crippen LogP contribution is -2.53. The fourth-order valence-corrected chi connectivity index (χ4v) is 2.79. The van der Waals surface area contributed by atoms with Crippen LogP contribution in [-0.2, 0) is 16.1 Å². The maximum absolute atomic E-state index is 11.9. The summed E-state index contributed by atoms with van der Waals surface area (Å²) in [6, 6.07) is 9.42. The molecular formula is C15H18ClNO3. The number of alkyl carbamates (subject to hydrolysis) is 1. The molecule has 1 amide bonds. The summed E-state index contributed by atoms with van der Waals surface area (Å²) in [5.41, 5.74) is 0.0852. The maximum atomic E-state index is 11.9. The van der Waals surface area contributed by atoms with Gasteiger partial charge in [-0.2, -0.15) is 0 Å². The zero-order valence-electron chi connectivity index (χ0n) is 11.2. The number of rotatable bonds is 5. The summed E-state index contributed by atoms with van der Waals surface area (Å²) in [5, 5.41) is 2.72. The molecule has 0 atom stereocenters. The fourth-order valence-electron chi connectivity index (χ4n) is 2.53. The summed E-state index contributed by atoms with van der Waals surface area (Å²) in [5.74, 6) is -0.216. The molecule has 1 fully saturated rings. The number of carbonyl (C=O) groups excluding carboxylic acids is 2. The van der Waals surface area contributed by atoms with Gasteiger partial charge >= 0.3 is 6.09 Å². The molecule has 1 aliphatic carbocycles. The first-order valence-electron chi connectivity index (χ1n) is 6.74. The SMILES string of the molecule is O=C(NC1(C(=O)CCl)CCCC1)OCc1ccccc1. The van der Waals surface area contributed by atoms with Crippen molar-refractivity contribution in [2.75, 3.05) is 5.88 Å². The molecule has 4 nitrogen and oxygen atoms in total. The Kier molecular flexibility index (Phi) is 5.01. The number of Topliss-reactive ketones (excluding diaryl/α,β-unsaturated/α-hetero) is 1. The third-order valence-electron chi connectivity index (χ3n) is 3.67. The van der Waals surface area contributed by atoms with E-state index in [2.05, 4.69) is 5.32 Å². The van der Waals surface area contributed by atoms with Crippen molar-refractivity contribution < 1.29 is 14.3 Å². The van der Waals surface area contributed by atoms with Gasteiger partial charge in [0, 0.05) is 0 Å². The first-order chi connectivity index (χ1) is 9.66. The molecule has 1 aliphatic rings. The molecule has 0 aromatic heterocycles. The van der Waals surface area contributed by atoms with Crippen molar-refractivity contribution in [2.45, 2.75) is 37.8 Å². The number of alkyl halides is 1. The summed E-state index contributed by atoms with van der Waals surface area (Å²) >= 11 is 5.64. The molecule has 2 rings (SSSR count). The zero-order chi connectivity index (χ0) is 14.4. The second kappa shape index (κ2) is 6.75. The molecule has 0 unspecified atom stereocenters. The van der Waals surface area contributed by atoms with Crippen LogP contribution in [0.15, 0.2) is 30.3 Å². The second-order valence-corrected chi connectivity index (χ2v) is 5.30. The minimum absolute atomic E-state index is 0.0844. The topological polar surface area (TPSA) is 55.4 Å². The second-order valence-electron chi connectivity index (χ2n) is 5.03. The molecular weight excluding hydrogens is 278 g/mol. The van der Waals surface area contributed by atoms with Gasteiger partial charge in [-0.25, -0.2) is 4.79 Å². The van der Waals surface area contributed by atoms with Gasteiger partial charge in [0.2, 0.25) is 0 Å². The Bertz CT molecular complexity index is 469. The normalized spacial score (nSPS) is 16.6. The van der Waals surface area contributed by atoms with Crippen LogP contribution in [0.5, 0.6) is 0 Å². The summed E-state index contributed by atoms with van der Waals surface area (Å²) < 4.78 is 5.16. The number of halogens is 1. The first-order valence-corrected chi connectivity index (χ1v) is 7.28. The average Bonchev–Trinajstić information content (AvgIpc) is 2.95. The summed E-state index contributed by atoms with van der Waals surface area (Å²) in [6.45, 7) is 0.192. The molecule has 0 radical (unpaired) electrons. The quantitative estimate of drug-likeness (QED) is 0.850. The Morgan fingerprint density at radius 2 is 1.85 bits per heavy atom. The summed E-state index contributed by atoms with van der Waals surface area (Å²) in [7, 11) is 0. The molecule has 20 heavy (non-hydrogen) atoms. The highest BCUT2D eigenvalue weighted by Crippen LogP contribution is 2.31. The molecule has 5 heteroatoms. The van der Waals surface area contributed by atoms with E-state index in [4.69, 9.17) is 16.3 Å². The fraction of sp³-hybridized carbons (Fsp3) is 0.467. The Labute approximate surface area is 123 Å². The van der Waals surface area contributed by atoms with Crippen LogP contribution in [0.3, 0.4) is 0 Å². The zero-order valence-corrected chi connectivity index (χ0v) is 12.0. The Morgan fingerprint density at radius 1 is 1.20 bits per heavy atom. The maximum Gasteiger partial charge on any atom is 0.408 e. The average molecular weight is 296 g/mol. The van der Waals surface area contributed by atoms with Gasteiger partial charge in [-0.1, -0.05) is 43.2 Å². The molecule has 108 valence electrons. The largest absolute Gasteiger partial charge is 0.445 e. The molecule has 0 saturated heterocycles. The lowest BCUT2D eigenvalue weighted by Gasteiger charge is -2.27. The van der Waals surface area contributed by atoms with Crippen LogP contribution in [-0.4, -0.2) is 23.3 Å². The lowest BCUT2D eigenvalue weighted by atomic mass is 9.93. The molecule has 0 bridgehead atoms. The third kappa shape index (κ3) is 3.51. The van der Waals surface area contributed by atoms with E-state index in [-0.39, 0.29) is 18.3 Å². The Balaban J connectivity index is 1.91. The van der Waals surface area contributed by atoms with E-state index in [1.54, 1.807) is 0 Å². The van der Waals surface area contributed by atoms with Crippen molar-refractivity contribution in [2.24, 2.45) is 0 Å². The van der Waals surface area contributed by atoms with E-state index in [0.717, 1.165) is 18.4 Å². The van der Waals surface area contributed by atoms with Crippen LogP contribution in [0.2, 0.25) is 0 Å². The molecule has 0 heterocycles. The van der Waals surface area contributed by atoms with Gasteiger partial charge in [-0.05, 0) is 18.4 Å². The predicted molar refractivity (Wildman–Crippen MR) is 76.7 cm³/mol. The number of nitrogens with one attached hydrogen (secondary N) is 1. The van der Waals surface area contributed by atoms with Gasteiger partial charge in [0.1, 0.15) is 12.1 Å². The van der Waals surface area contributed by atoms with Crippen molar-refractivity contribution in [1.29, 1.82) is 0 Å². The minimum Gasteiger partial charge on any atom is -0.445 e. The molecule has 1 aromatic carbocycles. The summed E-state index contributed by atoms with van der Waals surface area (Å²) in [6.07, 6.45) is 2.55. The van der Waals surface area contributed by atoms with Crippen molar-refractivity contribution in [3.8, 4) is 0 Å². The van der Waals surface area contributed by atoms with Gasteiger partial charge in [-0.3, -0.25) is 4.79 Å². The van der Waals surface area contributed by atoms with Gasteiger partial charge in [0.05, 0.1) is 5.88 Å².